The highest BCUT2D eigenvalue weighted by atomic mass is 19.1. The Morgan fingerprint density at radius 3 is 2.48 bits per heavy atom. The number of aromatic nitrogens is 4. The van der Waals surface area contributed by atoms with Crippen LogP contribution in [0.15, 0.2) is 42.9 Å². The molecule has 0 bridgehead atoms. The Kier molecular flexibility index (Phi) is 7.46. The topological polar surface area (TPSA) is 67.2 Å². The van der Waals surface area contributed by atoms with E-state index in [9.17, 15) is 9.18 Å². The summed E-state index contributed by atoms with van der Waals surface area (Å²) >= 11 is 0. The van der Waals surface area contributed by atoms with Gasteiger partial charge in [0.05, 0.1) is 18.9 Å². The zero-order valence-corrected chi connectivity index (χ0v) is 19.0. The Morgan fingerprint density at radius 1 is 1.09 bits per heavy atom. The second kappa shape index (κ2) is 10.1. The van der Waals surface area contributed by atoms with Gasteiger partial charge in [0.25, 0.3) is 0 Å². The number of fused-ring (bicyclic) bond motifs is 1. The minimum absolute atomic E-state index is 0. The number of hydrogen-bond donors (Lipinski definition) is 0. The van der Waals surface area contributed by atoms with E-state index in [1.807, 2.05) is 24.0 Å². The molecule has 176 valence electrons. The van der Waals surface area contributed by atoms with Gasteiger partial charge in [-0.3, -0.25) is 9.48 Å². The van der Waals surface area contributed by atoms with Crippen LogP contribution < -0.4 is 9.80 Å². The van der Waals surface area contributed by atoms with Crippen LogP contribution in [0.3, 0.4) is 0 Å². The van der Waals surface area contributed by atoms with Crippen molar-refractivity contribution in [3.05, 3.63) is 65.6 Å². The molecule has 1 atom stereocenters. The maximum atomic E-state index is 13.1. The molecule has 1 aliphatic heterocycles. The largest absolute Gasteiger partial charge is 0.340 e. The highest BCUT2D eigenvalue weighted by Gasteiger charge is 2.38. The number of amides is 1. The first-order chi connectivity index (χ1) is 15.4. The fourth-order valence-corrected chi connectivity index (χ4v) is 4.19. The van der Waals surface area contributed by atoms with Gasteiger partial charge in [-0.1, -0.05) is 26.5 Å². The summed E-state index contributed by atoms with van der Waals surface area (Å²) in [4.78, 5) is 25.9. The molecule has 0 radical (unpaired) electrons. The van der Waals surface area contributed by atoms with Crippen molar-refractivity contribution in [3.8, 4) is 0 Å². The summed E-state index contributed by atoms with van der Waals surface area (Å²) in [6.45, 7) is 6.80. The highest BCUT2D eigenvalue weighted by molar-refractivity contribution is 6.04. The number of aryl methyl sites for hydroxylation is 2. The number of likely N-dealkylation sites (N-methyl/N-ethyl adjacent to an activating group) is 1. The first kappa shape index (κ1) is 24.4. The molecular formula is C25H33FN6O. The van der Waals surface area contributed by atoms with Gasteiger partial charge >= 0.3 is 0 Å². The molecule has 7 nitrogen and oxygen atoms in total. The lowest BCUT2D eigenvalue weighted by molar-refractivity contribution is -0.120. The SMILES string of the molecule is C.CC[C@@H]1C(=O)N(C)c2cnc(CCc3cnn(Cc4ccc(F)cc4)c3)nc2N1C(C)C. The van der Waals surface area contributed by atoms with Crippen LogP contribution in [0.1, 0.15) is 51.6 Å². The van der Waals surface area contributed by atoms with Crippen molar-refractivity contribution in [1.82, 2.24) is 19.7 Å². The predicted molar refractivity (Wildman–Crippen MR) is 129 cm³/mol. The van der Waals surface area contributed by atoms with Gasteiger partial charge in [0, 0.05) is 25.7 Å². The number of carbonyl (C=O) groups excluding carboxylic acids is 1. The molecule has 2 aromatic heterocycles. The summed E-state index contributed by atoms with van der Waals surface area (Å²) in [6.07, 6.45) is 7.78. The zero-order chi connectivity index (χ0) is 22.8. The van der Waals surface area contributed by atoms with Crippen LogP contribution in [0.5, 0.6) is 0 Å². The van der Waals surface area contributed by atoms with E-state index in [1.165, 1.54) is 12.1 Å². The third-order valence-corrected chi connectivity index (χ3v) is 5.88. The number of halogens is 1. The number of rotatable bonds is 7. The molecule has 3 aromatic rings. The standard InChI is InChI=1S/C24H29FN6O.CH4/c1-5-20-24(32)29(4)21-13-26-22(28-23(21)31(20)16(2)3)11-8-18-12-27-30(15-18)14-17-6-9-19(25)10-7-17;/h6-7,9-10,12-13,15-16,20H,5,8,11,14H2,1-4H3;1H4/t20-;/m1./s1. The van der Waals surface area contributed by atoms with E-state index in [-0.39, 0.29) is 31.2 Å². The number of nitrogens with zero attached hydrogens (tertiary/aromatic N) is 6. The Hall–Kier alpha value is -3.29. The van der Waals surface area contributed by atoms with Crippen molar-refractivity contribution in [2.45, 2.75) is 66.1 Å². The van der Waals surface area contributed by atoms with E-state index in [2.05, 4.69) is 28.8 Å². The van der Waals surface area contributed by atoms with Gasteiger partial charge in [0.1, 0.15) is 23.4 Å². The van der Waals surface area contributed by atoms with Gasteiger partial charge in [-0.05, 0) is 49.9 Å². The van der Waals surface area contributed by atoms with E-state index in [0.717, 1.165) is 41.3 Å². The Morgan fingerprint density at radius 2 is 1.82 bits per heavy atom. The van der Waals surface area contributed by atoms with Crippen molar-refractivity contribution in [2.24, 2.45) is 0 Å². The lowest BCUT2D eigenvalue weighted by Crippen LogP contribution is -2.55. The molecule has 1 aliphatic rings. The van der Waals surface area contributed by atoms with E-state index in [4.69, 9.17) is 4.98 Å². The number of carbonyl (C=O) groups is 1. The quantitative estimate of drug-likeness (QED) is 0.536. The molecule has 1 amide bonds. The summed E-state index contributed by atoms with van der Waals surface area (Å²) in [5, 5.41) is 4.42. The number of hydrogen-bond acceptors (Lipinski definition) is 5. The lowest BCUT2D eigenvalue weighted by Gasteiger charge is -2.42. The Balaban J connectivity index is 0.00000306. The highest BCUT2D eigenvalue weighted by Crippen LogP contribution is 2.35. The molecule has 0 unspecified atom stereocenters. The monoisotopic (exact) mass is 452 g/mol. The summed E-state index contributed by atoms with van der Waals surface area (Å²) in [5.74, 6) is 1.42. The number of anilines is 2. The molecule has 0 saturated heterocycles. The normalized spacial score (nSPS) is 15.6. The molecule has 4 rings (SSSR count). The minimum atomic E-state index is -0.239. The second-order valence-corrected chi connectivity index (χ2v) is 8.49. The summed E-state index contributed by atoms with van der Waals surface area (Å²) in [5.41, 5.74) is 2.84. The van der Waals surface area contributed by atoms with Crippen molar-refractivity contribution >= 4 is 17.4 Å². The lowest BCUT2D eigenvalue weighted by atomic mass is 10.1. The van der Waals surface area contributed by atoms with Gasteiger partial charge in [-0.2, -0.15) is 5.10 Å². The first-order valence-corrected chi connectivity index (χ1v) is 11.0. The molecule has 0 aliphatic carbocycles. The van der Waals surface area contributed by atoms with Crippen LogP contribution >= 0.6 is 0 Å². The third kappa shape index (κ3) is 5.05. The van der Waals surface area contributed by atoms with Crippen molar-refractivity contribution < 1.29 is 9.18 Å². The Bertz CT molecular complexity index is 1090. The molecule has 3 heterocycles. The molecule has 0 fully saturated rings. The van der Waals surface area contributed by atoms with Gasteiger partial charge in [-0.15, -0.1) is 0 Å². The number of benzene rings is 1. The minimum Gasteiger partial charge on any atom is -0.340 e. The van der Waals surface area contributed by atoms with Gasteiger partial charge in [0.2, 0.25) is 5.91 Å². The van der Waals surface area contributed by atoms with E-state index in [1.54, 1.807) is 30.3 Å². The molecule has 8 heteroatoms. The Labute approximate surface area is 195 Å². The van der Waals surface area contributed by atoms with Crippen LogP contribution in [-0.2, 0) is 24.2 Å². The summed E-state index contributed by atoms with van der Waals surface area (Å²) in [6, 6.07) is 6.40. The average molecular weight is 453 g/mol. The molecular weight excluding hydrogens is 419 g/mol. The second-order valence-electron chi connectivity index (χ2n) is 8.49. The summed E-state index contributed by atoms with van der Waals surface area (Å²) < 4.78 is 14.9. The van der Waals surface area contributed by atoms with Crippen LogP contribution in [0.25, 0.3) is 0 Å². The molecule has 0 spiro atoms. The van der Waals surface area contributed by atoms with Crippen LogP contribution in [-0.4, -0.2) is 44.8 Å². The molecule has 0 saturated carbocycles. The predicted octanol–water partition coefficient (Wildman–Crippen LogP) is 4.25. The fraction of sp³-hybridized carbons (Fsp3) is 0.440. The maximum Gasteiger partial charge on any atom is 0.249 e. The van der Waals surface area contributed by atoms with E-state index in [0.29, 0.717) is 13.0 Å². The van der Waals surface area contributed by atoms with Gasteiger partial charge in [-0.25, -0.2) is 14.4 Å². The molecule has 33 heavy (non-hydrogen) atoms. The van der Waals surface area contributed by atoms with Gasteiger partial charge < -0.3 is 9.80 Å². The molecule has 1 aromatic carbocycles. The van der Waals surface area contributed by atoms with Crippen LogP contribution in [0.4, 0.5) is 15.9 Å². The maximum absolute atomic E-state index is 13.1. The van der Waals surface area contributed by atoms with Crippen molar-refractivity contribution in [2.75, 3.05) is 16.8 Å². The van der Waals surface area contributed by atoms with Crippen LogP contribution in [0, 0.1) is 5.82 Å². The van der Waals surface area contributed by atoms with Crippen LogP contribution in [0.2, 0.25) is 0 Å². The van der Waals surface area contributed by atoms with Gasteiger partial charge in [0.15, 0.2) is 5.82 Å². The summed E-state index contributed by atoms with van der Waals surface area (Å²) in [7, 11) is 1.79. The smallest absolute Gasteiger partial charge is 0.249 e. The third-order valence-electron chi connectivity index (χ3n) is 5.88. The zero-order valence-electron chi connectivity index (χ0n) is 19.0. The van der Waals surface area contributed by atoms with Crippen molar-refractivity contribution in [3.63, 3.8) is 0 Å². The van der Waals surface area contributed by atoms with E-state index < -0.39 is 0 Å². The fourth-order valence-electron chi connectivity index (χ4n) is 4.19. The molecule has 0 N–H and O–H groups in total. The first-order valence-electron chi connectivity index (χ1n) is 11.0. The van der Waals surface area contributed by atoms with Crippen molar-refractivity contribution in [1.29, 1.82) is 0 Å². The average Bonchev–Trinajstić information content (AvgIpc) is 3.23. The van der Waals surface area contributed by atoms with E-state index >= 15 is 0 Å².